The standard InChI is InChI=1S/C12H18N2O2S/c1-3-8-7-17-11(13-8)14-9-5-4-6-12(9,2)10(15)16/h7,9H,3-6H2,1-2H3,(H,13,14)(H,15,16). The summed E-state index contributed by atoms with van der Waals surface area (Å²) in [7, 11) is 0. The van der Waals surface area contributed by atoms with Crippen molar-refractivity contribution < 1.29 is 9.90 Å². The van der Waals surface area contributed by atoms with Crippen molar-refractivity contribution in [1.29, 1.82) is 0 Å². The number of carboxylic acids is 1. The number of aryl methyl sites for hydroxylation is 1. The van der Waals surface area contributed by atoms with Crippen LogP contribution in [0.15, 0.2) is 5.38 Å². The van der Waals surface area contributed by atoms with Crippen LogP contribution >= 0.6 is 11.3 Å². The van der Waals surface area contributed by atoms with E-state index in [1.165, 1.54) is 0 Å². The Morgan fingerprint density at radius 2 is 2.53 bits per heavy atom. The SMILES string of the molecule is CCc1csc(NC2CCCC2(C)C(=O)O)n1. The molecule has 0 bridgehead atoms. The number of carboxylic acid groups (broad SMARTS) is 1. The van der Waals surface area contributed by atoms with E-state index in [4.69, 9.17) is 0 Å². The first-order valence-corrected chi connectivity index (χ1v) is 6.88. The second kappa shape index (κ2) is 4.64. The minimum atomic E-state index is -0.709. The van der Waals surface area contributed by atoms with Crippen molar-refractivity contribution >= 4 is 22.4 Å². The highest BCUT2D eigenvalue weighted by molar-refractivity contribution is 7.13. The van der Waals surface area contributed by atoms with Gasteiger partial charge in [0.1, 0.15) is 0 Å². The molecule has 2 N–H and O–H groups in total. The summed E-state index contributed by atoms with van der Waals surface area (Å²) in [4.78, 5) is 15.8. The molecular formula is C12H18N2O2S. The van der Waals surface area contributed by atoms with Gasteiger partial charge in [-0.05, 0) is 26.2 Å². The molecule has 1 aromatic rings. The van der Waals surface area contributed by atoms with Gasteiger partial charge >= 0.3 is 5.97 Å². The Hall–Kier alpha value is -1.10. The molecule has 2 atom stereocenters. The van der Waals surface area contributed by atoms with E-state index in [1.807, 2.05) is 12.3 Å². The molecule has 1 aliphatic carbocycles. The van der Waals surface area contributed by atoms with Gasteiger partial charge in [0.25, 0.3) is 0 Å². The van der Waals surface area contributed by atoms with Crippen molar-refractivity contribution in [2.24, 2.45) is 5.41 Å². The lowest BCUT2D eigenvalue weighted by atomic mass is 9.85. The quantitative estimate of drug-likeness (QED) is 0.867. The predicted octanol–water partition coefficient (Wildman–Crippen LogP) is 2.76. The zero-order chi connectivity index (χ0) is 12.5. The Morgan fingerprint density at radius 1 is 1.76 bits per heavy atom. The van der Waals surface area contributed by atoms with Crippen LogP contribution in [-0.4, -0.2) is 22.1 Å². The van der Waals surface area contributed by atoms with Crippen LogP contribution in [0.3, 0.4) is 0 Å². The summed E-state index contributed by atoms with van der Waals surface area (Å²) >= 11 is 1.56. The number of nitrogens with one attached hydrogen (secondary N) is 1. The number of hydrogen-bond acceptors (Lipinski definition) is 4. The van der Waals surface area contributed by atoms with E-state index >= 15 is 0 Å². The topological polar surface area (TPSA) is 62.2 Å². The molecule has 1 aliphatic rings. The molecule has 1 saturated carbocycles. The number of anilines is 1. The molecule has 5 heteroatoms. The van der Waals surface area contributed by atoms with E-state index in [0.717, 1.165) is 36.5 Å². The van der Waals surface area contributed by atoms with Gasteiger partial charge in [0.05, 0.1) is 11.1 Å². The number of thiazole rings is 1. The summed E-state index contributed by atoms with van der Waals surface area (Å²) in [5, 5.41) is 15.5. The lowest BCUT2D eigenvalue weighted by Crippen LogP contribution is -2.40. The van der Waals surface area contributed by atoms with Crippen molar-refractivity contribution in [3.05, 3.63) is 11.1 Å². The highest BCUT2D eigenvalue weighted by atomic mass is 32.1. The largest absolute Gasteiger partial charge is 0.481 e. The Bertz CT molecular complexity index is 418. The van der Waals surface area contributed by atoms with Gasteiger partial charge in [-0.3, -0.25) is 4.79 Å². The first-order valence-electron chi connectivity index (χ1n) is 6.00. The molecule has 2 unspecified atom stereocenters. The van der Waals surface area contributed by atoms with Gasteiger partial charge in [-0.1, -0.05) is 13.3 Å². The summed E-state index contributed by atoms with van der Waals surface area (Å²) in [5.74, 6) is -0.709. The van der Waals surface area contributed by atoms with Crippen molar-refractivity contribution in [1.82, 2.24) is 4.98 Å². The maximum absolute atomic E-state index is 11.3. The second-order valence-corrected chi connectivity index (χ2v) is 5.67. The van der Waals surface area contributed by atoms with Gasteiger partial charge in [-0.25, -0.2) is 4.98 Å². The molecule has 2 rings (SSSR count). The van der Waals surface area contributed by atoms with Crippen LogP contribution in [0.2, 0.25) is 0 Å². The first-order chi connectivity index (χ1) is 8.06. The third kappa shape index (κ3) is 2.29. The van der Waals surface area contributed by atoms with E-state index < -0.39 is 11.4 Å². The van der Waals surface area contributed by atoms with E-state index in [2.05, 4.69) is 17.2 Å². The number of aromatic nitrogens is 1. The van der Waals surface area contributed by atoms with E-state index in [-0.39, 0.29) is 6.04 Å². The van der Waals surface area contributed by atoms with Gasteiger partial charge in [-0.2, -0.15) is 0 Å². The molecular weight excluding hydrogens is 236 g/mol. The summed E-state index contributed by atoms with van der Waals surface area (Å²) < 4.78 is 0. The van der Waals surface area contributed by atoms with E-state index in [9.17, 15) is 9.90 Å². The van der Waals surface area contributed by atoms with Crippen molar-refractivity contribution in [2.75, 3.05) is 5.32 Å². The molecule has 1 heterocycles. The average molecular weight is 254 g/mol. The zero-order valence-corrected chi connectivity index (χ0v) is 11.0. The van der Waals surface area contributed by atoms with Crippen LogP contribution in [0.4, 0.5) is 5.13 Å². The summed E-state index contributed by atoms with van der Waals surface area (Å²) in [6.07, 6.45) is 3.53. The Morgan fingerprint density at radius 3 is 3.12 bits per heavy atom. The fourth-order valence-corrected chi connectivity index (χ4v) is 3.19. The summed E-state index contributed by atoms with van der Waals surface area (Å²) in [6, 6.07) is -0.00384. The smallest absolute Gasteiger partial charge is 0.311 e. The third-order valence-corrected chi connectivity index (χ3v) is 4.48. The third-order valence-electron chi connectivity index (χ3n) is 3.66. The van der Waals surface area contributed by atoms with Crippen molar-refractivity contribution in [2.45, 2.75) is 45.6 Å². The fourth-order valence-electron chi connectivity index (χ4n) is 2.34. The minimum Gasteiger partial charge on any atom is -0.481 e. The maximum atomic E-state index is 11.3. The predicted molar refractivity (Wildman–Crippen MR) is 68.5 cm³/mol. The van der Waals surface area contributed by atoms with Crippen LogP contribution in [-0.2, 0) is 11.2 Å². The van der Waals surface area contributed by atoms with Crippen LogP contribution in [0.1, 0.15) is 38.8 Å². The van der Waals surface area contributed by atoms with Gasteiger partial charge in [-0.15, -0.1) is 11.3 Å². The van der Waals surface area contributed by atoms with E-state index in [1.54, 1.807) is 11.3 Å². The molecule has 1 aromatic heterocycles. The highest BCUT2D eigenvalue weighted by Gasteiger charge is 2.45. The lowest BCUT2D eigenvalue weighted by molar-refractivity contribution is -0.147. The Balaban J connectivity index is 2.10. The molecule has 1 fully saturated rings. The zero-order valence-electron chi connectivity index (χ0n) is 10.2. The highest BCUT2D eigenvalue weighted by Crippen LogP contribution is 2.40. The van der Waals surface area contributed by atoms with Gasteiger partial charge < -0.3 is 10.4 Å². The fraction of sp³-hybridized carbons (Fsp3) is 0.667. The maximum Gasteiger partial charge on any atom is 0.311 e. The van der Waals surface area contributed by atoms with Gasteiger partial charge in [0.2, 0.25) is 0 Å². The lowest BCUT2D eigenvalue weighted by Gasteiger charge is -2.27. The molecule has 0 saturated heterocycles. The number of nitrogens with zero attached hydrogens (tertiary/aromatic N) is 1. The van der Waals surface area contributed by atoms with Crippen LogP contribution in [0, 0.1) is 5.41 Å². The molecule has 0 aliphatic heterocycles. The molecule has 94 valence electrons. The monoisotopic (exact) mass is 254 g/mol. The normalized spacial score (nSPS) is 28.2. The molecule has 4 nitrogen and oxygen atoms in total. The first kappa shape index (κ1) is 12.4. The summed E-state index contributed by atoms with van der Waals surface area (Å²) in [5.41, 5.74) is 0.408. The number of hydrogen-bond donors (Lipinski definition) is 2. The van der Waals surface area contributed by atoms with Crippen LogP contribution < -0.4 is 5.32 Å². The summed E-state index contributed by atoms with van der Waals surface area (Å²) in [6.45, 7) is 3.89. The van der Waals surface area contributed by atoms with Crippen molar-refractivity contribution in [3.63, 3.8) is 0 Å². The van der Waals surface area contributed by atoms with Crippen LogP contribution in [0.25, 0.3) is 0 Å². The Labute approximate surface area is 105 Å². The van der Waals surface area contributed by atoms with E-state index in [0.29, 0.717) is 0 Å². The molecule has 0 amide bonds. The van der Waals surface area contributed by atoms with Gasteiger partial charge in [0, 0.05) is 11.4 Å². The number of carbonyl (C=O) groups is 1. The van der Waals surface area contributed by atoms with Gasteiger partial charge in [0.15, 0.2) is 5.13 Å². The van der Waals surface area contributed by atoms with Crippen molar-refractivity contribution in [3.8, 4) is 0 Å². The average Bonchev–Trinajstić information content (AvgIpc) is 2.88. The molecule has 0 radical (unpaired) electrons. The van der Waals surface area contributed by atoms with Crippen LogP contribution in [0.5, 0.6) is 0 Å². The molecule has 0 aromatic carbocycles. The minimum absolute atomic E-state index is 0.00384. The molecule has 17 heavy (non-hydrogen) atoms. The molecule has 0 spiro atoms. The number of rotatable bonds is 4. The number of aliphatic carboxylic acids is 1. The second-order valence-electron chi connectivity index (χ2n) is 4.81. The Kier molecular flexibility index (Phi) is 3.38.